The predicted molar refractivity (Wildman–Crippen MR) is 71.6 cm³/mol. The number of unbranched alkanes of at least 4 members (excludes halogenated alkanes) is 2. The smallest absolute Gasteiger partial charge is 0.410 e. The molecule has 0 aliphatic carbocycles. The molecule has 2 nitrogen and oxygen atoms in total. The highest BCUT2D eigenvalue weighted by Crippen LogP contribution is 2.30. The van der Waals surface area contributed by atoms with E-state index in [2.05, 4.69) is 0 Å². The van der Waals surface area contributed by atoms with Gasteiger partial charge < -0.3 is 4.42 Å². The van der Waals surface area contributed by atoms with E-state index in [-0.39, 0.29) is 29.6 Å². The van der Waals surface area contributed by atoms with E-state index in [9.17, 15) is 18.0 Å². The van der Waals surface area contributed by atoms with E-state index in [1.54, 1.807) is 6.92 Å². The summed E-state index contributed by atoms with van der Waals surface area (Å²) >= 11 is 0. The number of hydrogen-bond acceptors (Lipinski definition) is 2. The van der Waals surface area contributed by atoms with Gasteiger partial charge in [0.25, 0.3) is 0 Å². The summed E-state index contributed by atoms with van der Waals surface area (Å²) in [6, 6.07) is 1.40. The molecule has 0 N–H and O–H groups in total. The van der Waals surface area contributed by atoms with E-state index in [1.807, 2.05) is 6.92 Å². The Labute approximate surface area is 116 Å². The summed E-state index contributed by atoms with van der Waals surface area (Å²) in [5.41, 5.74) is 0.435. The standard InChI is InChI=1S/C15H19F3O2/c1-4-5-6-7-12(9-15(16,17)18)14-8-13(10(2)19)11(3)20-14/h8-9H,4-7H2,1-3H3/b12-9-. The lowest BCUT2D eigenvalue weighted by Gasteiger charge is -2.06. The third-order valence-electron chi connectivity index (χ3n) is 3.00. The number of carbonyl (C=O) groups is 1. The van der Waals surface area contributed by atoms with Crippen molar-refractivity contribution in [2.75, 3.05) is 0 Å². The number of allylic oxidation sites excluding steroid dienone is 2. The number of alkyl halides is 3. The van der Waals surface area contributed by atoms with Crippen molar-refractivity contribution >= 4 is 11.4 Å². The van der Waals surface area contributed by atoms with E-state index >= 15 is 0 Å². The Balaban J connectivity index is 3.07. The molecular formula is C15H19F3O2. The van der Waals surface area contributed by atoms with Gasteiger partial charge in [0.1, 0.15) is 11.5 Å². The summed E-state index contributed by atoms with van der Waals surface area (Å²) in [5, 5.41) is 0. The van der Waals surface area contributed by atoms with Crippen molar-refractivity contribution in [2.45, 2.75) is 52.6 Å². The van der Waals surface area contributed by atoms with Gasteiger partial charge in [0.05, 0.1) is 5.56 Å². The van der Waals surface area contributed by atoms with Crippen LogP contribution in [0.1, 0.15) is 61.4 Å². The minimum absolute atomic E-state index is 0.0987. The largest absolute Gasteiger partial charge is 0.461 e. The van der Waals surface area contributed by atoms with Crippen LogP contribution in [0.25, 0.3) is 5.57 Å². The van der Waals surface area contributed by atoms with Crippen LogP contribution in [-0.2, 0) is 0 Å². The van der Waals surface area contributed by atoms with Crippen LogP contribution >= 0.6 is 0 Å². The van der Waals surface area contributed by atoms with Crippen molar-refractivity contribution in [2.24, 2.45) is 0 Å². The number of hydrogen-bond donors (Lipinski definition) is 0. The van der Waals surface area contributed by atoms with E-state index in [4.69, 9.17) is 4.42 Å². The maximum absolute atomic E-state index is 12.6. The van der Waals surface area contributed by atoms with Crippen molar-refractivity contribution < 1.29 is 22.4 Å². The minimum Gasteiger partial charge on any atom is -0.461 e. The van der Waals surface area contributed by atoms with Gasteiger partial charge in [0.15, 0.2) is 5.78 Å². The molecule has 0 aromatic carbocycles. The van der Waals surface area contributed by atoms with Gasteiger partial charge in [-0.2, -0.15) is 13.2 Å². The molecule has 0 saturated carbocycles. The van der Waals surface area contributed by atoms with Gasteiger partial charge in [-0.1, -0.05) is 19.8 Å². The van der Waals surface area contributed by atoms with Crippen molar-refractivity contribution in [3.63, 3.8) is 0 Å². The van der Waals surface area contributed by atoms with Gasteiger partial charge in [-0.25, -0.2) is 0 Å². The molecule has 5 heteroatoms. The van der Waals surface area contributed by atoms with Crippen LogP contribution in [0.2, 0.25) is 0 Å². The maximum atomic E-state index is 12.6. The minimum atomic E-state index is -4.39. The second-order valence-corrected chi connectivity index (χ2v) is 4.80. The number of carbonyl (C=O) groups excluding carboxylic acids is 1. The number of rotatable bonds is 6. The van der Waals surface area contributed by atoms with Crippen LogP contribution in [0, 0.1) is 6.92 Å². The van der Waals surface area contributed by atoms with Crippen LogP contribution in [0.15, 0.2) is 16.6 Å². The van der Waals surface area contributed by atoms with E-state index in [0.29, 0.717) is 17.7 Å². The molecule has 0 radical (unpaired) electrons. The Morgan fingerprint density at radius 1 is 1.35 bits per heavy atom. The summed E-state index contributed by atoms with van der Waals surface area (Å²) in [7, 11) is 0. The lowest BCUT2D eigenvalue weighted by molar-refractivity contribution is -0.0795. The molecule has 0 aliphatic rings. The summed E-state index contributed by atoms with van der Waals surface area (Å²) < 4.78 is 43.1. The second-order valence-electron chi connectivity index (χ2n) is 4.80. The van der Waals surface area contributed by atoms with E-state index < -0.39 is 6.18 Å². The molecule has 1 rings (SSSR count). The van der Waals surface area contributed by atoms with Crippen LogP contribution in [-0.4, -0.2) is 12.0 Å². The molecule has 1 aromatic rings. The second kappa shape index (κ2) is 6.77. The zero-order chi connectivity index (χ0) is 15.3. The number of Topliss-reactive ketones (excluding diaryl/α,β-unsaturated/α-hetero) is 1. The van der Waals surface area contributed by atoms with Gasteiger partial charge in [0, 0.05) is 6.08 Å². The van der Waals surface area contributed by atoms with Crippen LogP contribution in [0.4, 0.5) is 13.2 Å². The summed E-state index contributed by atoms with van der Waals surface area (Å²) in [5.74, 6) is 0.287. The SMILES string of the molecule is CCCCC/C(=C/C(F)(F)F)c1cc(C(C)=O)c(C)o1. The summed E-state index contributed by atoms with van der Waals surface area (Å²) in [6.07, 6.45) is -1.39. The Morgan fingerprint density at radius 2 is 2.00 bits per heavy atom. The first-order chi connectivity index (χ1) is 9.24. The summed E-state index contributed by atoms with van der Waals surface area (Å²) in [4.78, 5) is 11.3. The average molecular weight is 288 g/mol. The molecule has 1 heterocycles. The highest BCUT2D eigenvalue weighted by molar-refractivity contribution is 5.95. The molecule has 0 atom stereocenters. The van der Waals surface area contributed by atoms with Crippen LogP contribution in [0.5, 0.6) is 0 Å². The highest BCUT2D eigenvalue weighted by atomic mass is 19.4. The molecule has 112 valence electrons. The third-order valence-corrected chi connectivity index (χ3v) is 3.00. The predicted octanol–water partition coefficient (Wildman–Crippen LogP) is 5.32. The molecular weight excluding hydrogens is 269 g/mol. The van der Waals surface area contributed by atoms with Gasteiger partial charge in [0.2, 0.25) is 0 Å². The normalized spacial score (nSPS) is 12.8. The molecule has 0 unspecified atom stereocenters. The molecule has 20 heavy (non-hydrogen) atoms. The average Bonchev–Trinajstić information content (AvgIpc) is 2.69. The lowest BCUT2D eigenvalue weighted by atomic mass is 10.0. The summed E-state index contributed by atoms with van der Waals surface area (Å²) in [6.45, 7) is 4.93. The number of halogens is 3. The fraction of sp³-hybridized carbons (Fsp3) is 0.533. The van der Waals surface area contributed by atoms with Gasteiger partial charge in [-0.05, 0) is 38.3 Å². The molecule has 1 aromatic heterocycles. The Bertz CT molecular complexity index is 496. The monoisotopic (exact) mass is 288 g/mol. The molecule has 0 aliphatic heterocycles. The first kappa shape index (κ1) is 16.5. The number of ketones is 1. The van der Waals surface area contributed by atoms with E-state index in [0.717, 1.165) is 12.8 Å². The zero-order valence-electron chi connectivity index (χ0n) is 11.9. The van der Waals surface area contributed by atoms with Gasteiger partial charge in [-0.15, -0.1) is 0 Å². The third kappa shape index (κ3) is 4.87. The van der Waals surface area contributed by atoms with Gasteiger partial charge in [-0.3, -0.25) is 4.79 Å². The quantitative estimate of drug-likeness (QED) is 0.524. The van der Waals surface area contributed by atoms with E-state index in [1.165, 1.54) is 13.0 Å². The fourth-order valence-corrected chi connectivity index (χ4v) is 2.02. The van der Waals surface area contributed by atoms with Crippen LogP contribution < -0.4 is 0 Å². The van der Waals surface area contributed by atoms with Crippen LogP contribution in [0.3, 0.4) is 0 Å². The maximum Gasteiger partial charge on any atom is 0.410 e. The van der Waals surface area contributed by atoms with Crippen molar-refractivity contribution in [3.05, 3.63) is 29.2 Å². The Kier molecular flexibility index (Phi) is 5.60. The lowest BCUT2D eigenvalue weighted by Crippen LogP contribution is -2.03. The first-order valence-electron chi connectivity index (χ1n) is 6.64. The topological polar surface area (TPSA) is 30.2 Å². The molecule has 0 bridgehead atoms. The van der Waals surface area contributed by atoms with Crippen molar-refractivity contribution in [1.82, 2.24) is 0 Å². The number of aryl methyl sites for hydroxylation is 1. The molecule has 0 fully saturated rings. The fourth-order valence-electron chi connectivity index (χ4n) is 2.02. The van der Waals surface area contributed by atoms with Crippen molar-refractivity contribution in [1.29, 1.82) is 0 Å². The highest BCUT2D eigenvalue weighted by Gasteiger charge is 2.26. The van der Waals surface area contributed by atoms with Gasteiger partial charge >= 0.3 is 6.18 Å². The molecule has 0 saturated heterocycles. The Morgan fingerprint density at radius 3 is 2.45 bits per heavy atom. The Hall–Kier alpha value is -1.52. The molecule has 0 spiro atoms. The first-order valence-corrected chi connectivity index (χ1v) is 6.64. The molecule has 0 amide bonds. The van der Waals surface area contributed by atoms with Crippen molar-refractivity contribution in [3.8, 4) is 0 Å². The number of furan rings is 1. The zero-order valence-corrected chi connectivity index (χ0v) is 11.9.